The van der Waals surface area contributed by atoms with Crippen molar-refractivity contribution in [1.82, 2.24) is 5.32 Å². The summed E-state index contributed by atoms with van der Waals surface area (Å²) in [7, 11) is 0. The molecule has 1 aromatic carbocycles. The average Bonchev–Trinajstić information content (AvgIpc) is 2.14. The summed E-state index contributed by atoms with van der Waals surface area (Å²) in [6.07, 6.45) is -4.68. The molecule has 0 radical (unpaired) electrons. The van der Waals surface area contributed by atoms with E-state index in [0.29, 0.717) is 0 Å². The van der Waals surface area contributed by atoms with Crippen LogP contribution in [-0.4, -0.2) is 12.7 Å². The number of hydrogen-bond acceptors (Lipinski definition) is 1. The van der Waals surface area contributed by atoms with Gasteiger partial charge in [-0.3, -0.25) is 0 Å². The zero-order valence-electron chi connectivity index (χ0n) is 8.69. The summed E-state index contributed by atoms with van der Waals surface area (Å²) in [5.74, 6) is -4.79. The third-order valence-electron chi connectivity index (χ3n) is 2.86. The normalized spacial score (nSPS) is 21.1. The highest BCUT2D eigenvalue weighted by molar-refractivity contribution is 5.29. The Hall–Kier alpha value is -1.17. The predicted octanol–water partition coefficient (Wildman–Crippen LogP) is 3.38. The number of benzene rings is 1. The van der Waals surface area contributed by atoms with E-state index in [9.17, 15) is 22.0 Å². The highest BCUT2D eigenvalue weighted by Gasteiger charge is 2.58. The van der Waals surface area contributed by atoms with Crippen molar-refractivity contribution in [3.63, 3.8) is 0 Å². The fraction of sp³-hybridized carbons (Fsp3) is 0.455. The Morgan fingerprint density at radius 1 is 1.00 bits per heavy atom. The molecule has 0 aromatic heterocycles. The van der Waals surface area contributed by atoms with Gasteiger partial charge in [-0.15, -0.1) is 0 Å². The second-order valence-electron chi connectivity index (χ2n) is 3.99. The van der Waals surface area contributed by atoms with Gasteiger partial charge in [-0.25, -0.2) is 0 Å². The van der Waals surface area contributed by atoms with E-state index < -0.39 is 17.7 Å². The van der Waals surface area contributed by atoms with Crippen molar-refractivity contribution in [2.45, 2.75) is 24.6 Å². The Bertz CT molecular complexity index is 391. The third kappa shape index (κ3) is 2.13. The van der Waals surface area contributed by atoms with Crippen LogP contribution in [0.15, 0.2) is 24.3 Å². The molecule has 0 spiro atoms. The minimum absolute atomic E-state index is 0.0727. The van der Waals surface area contributed by atoms with Crippen molar-refractivity contribution in [1.29, 1.82) is 0 Å². The zero-order chi connectivity index (χ0) is 12.7. The van der Waals surface area contributed by atoms with E-state index in [1.807, 2.05) is 0 Å². The Morgan fingerprint density at radius 2 is 1.53 bits per heavy atom. The lowest BCUT2D eigenvalue weighted by Crippen LogP contribution is -2.35. The first-order chi connectivity index (χ1) is 7.82. The number of alkyl halides is 5. The first-order valence-corrected chi connectivity index (χ1v) is 5.11. The van der Waals surface area contributed by atoms with E-state index in [2.05, 4.69) is 5.32 Å². The van der Waals surface area contributed by atoms with E-state index in [1.54, 1.807) is 0 Å². The molecule has 94 valence electrons. The molecule has 1 N–H and O–H groups in total. The lowest BCUT2D eigenvalue weighted by atomic mass is 9.96. The highest BCUT2D eigenvalue weighted by Crippen LogP contribution is 2.44. The van der Waals surface area contributed by atoms with Crippen molar-refractivity contribution in [3.05, 3.63) is 35.4 Å². The molecule has 1 aliphatic rings. The van der Waals surface area contributed by atoms with Crippen LogP contribution in [0.4, 0.5) is 22.0 Å². The van der Waals surface area contributed by atoms with E-state index in [-0.39, 0.29) is 6.04 Å². The van der Waals surface area contributed by atoms with Crippen molar-refractivity contribution in [2.75, 3.05) is 6.54 Å². The Morgan fingerprint density at radius 3 is 1.88 bits per heavy atom. The van der Waals surface area contributed by atoms with Gasteiger partial charge in [0.25, 0.3) is 0 Å². The van der Waals surface area contributed by atoms with Crippen LogP contribution in [0.2, 0.25) is 0 Å². The highest BCUT2D eigenvalue weighted by atomic mass is 19.4. The van der Waals surface area contributed by atoms with Crippen molar-refractivity contribution in [3.8, 4) is 0 Å². The summed E-state index contributed by atoms with van der Waals surface area (Å²) >= 11 is 0. The van der Waals surface area contributed by atoms with Crippen LogP contribution >= 0.6 is 0 Å². The van der Waals surface area contributed by atoms with Crippen LogP contribution in [0.5, 0.6) is 0 Å². The van der Waals surface area contributed by atoms with E-state index in [0.717, 1.165) is 30.7 Å². The van der Waals surface area contributed by atoms with Crippen LogP contribution in [-0.2, 0) is 5.92 Å². The molecule has 2 rings (SSSR count). The van der Waals surface area contributed by atoms with Gasteiger partial charge in [-0.05, 0) is 18.5 Å². The monoisotopic (exact) mass is 251 g/mol. The molecule has 17 heavy (non-hydrogen) atoms. The van der Waals surface area contributed by atoms with Crippen molar-refractivity contribution < 1.29 is 22.0 Å². The lowest BCUT2D eigenvalue weighted by molar-refractivity contribution is -0.289. The molecule has 1 nitrogen and oxygen atoms in total. The average molecular weight is 251 g/mol. The van der Waals surface area contributed by atoms with Gasteiger partial charge in [0.2, 0.25) is 0 Å². The standard InChI is InChI=1S/C11H10F5N/c12-10(13,11(14,15)16)8-3-1-7(2-4-8)9-5-6-17-9/h1-4,9,17H,5-6H2. The maximum Gasteiger partial charge on any atom is 0.458 e. The zero-order valence-corrected chi connectivity index (χ0v) is 8.69. The van der Waals surface area contributed by atoms with Gasteiger partial charge in [0.1, 0.15) is 0 Å². The van der Waals surface area contributed by atoms with E-state index in [4.69, 9.17) is 0 Å². The minimum Gasteiger partial charge on any atom is -0.310 e. The molecule has 0 saturated carbocycles. The third-order valence-corrected chi connectivity index (χ3v) is 2.86. The topological polar surface area (TPSA) is 12.0 Å². The second kappa shape index (κ2) is 3.94. The summed E-state index contributed by atoms with van der Waals surface area (Å²) in [5.41, 5.74) is -0.286. The van der Waals surface area contributed by atoms with Crippen molar-refractivity contribution in [2.24, 2.45) is 0 Å². The summed E-state index contributed by atoms with van der Waals surface area (Å²) < 4.78 is 62.2. The first-order valence-electron chi connectivity index (χ1n) is 5.11. The summed E-state index contributed by atoms with van der Waals surface area (Å²) in [6, 6.07) is 4.37. The smallest absolute Gasteiger partial charge is 0.310 e. The van der Waals surface area contributed by atoms with Gasteiger partial charge in [-0.1, -0.05) is 24.3 Å². The van der Waals surface area contributed by atoms with Gasteiger partial charge in [0.05, 0.1) is 0 Å². The van der Waals surface area contributed by atoms with Crippen LogP contribution in [0.25, 0.3) is 0 Å². The fourth-order valence-corrected chi connectivity index (χ4v) is 1.66. The molecule has 6 heteroatoms. The molecular weight excluding hydrogens is 241 g/mol. The number of rotatable bonds is 2. The lowest BCUT2D eigenvalue weighted by Gasteiger charge is -2.28. The van der Waals surface area contributed by atoms with Crippen LogP contribution in [0, 0.1) is 0 Å². The largest absolute Gasteiger partial charge is 0.458 e. The summed E-state index contributed by atoms with van der Waals surface area (Å²) in [6.45, 7) is 0.838. The first kappa shape index (κ1) is 12.3. The van der Waals surface area contributed by atoms with Crippen LogP contribution in [0.1, 0.15) is 23.6 Å². The molecule has 1 aliphatic heterocycles. The summed E-state index contributed by atoms with van der Waals surface area (Å²) in [5, 5.41) is 3.04. The Labute approximate surface area is 94.6 Å². The number of nitrogens with one attached hydrogen (secondary N) is 1. The molecule has 0 bridgehead atoms. The maximum atomic E-state index is 13.0. The van der Waals surface area contributed by atoms with Gasteiger partial charge < -0.3 is 5.32 Å². The molecule has 1 saturated heterocycles. The number of halogens is 5. The molecular formula is C11H10F5N. The fourth-order valence-electron chi connectivity index (χ4n) is 1.66. The molecule has 1 aromatic rings. The minimum atomic E-state index is -5.55. The Balaban J connectivity index is 2.22. The van der Waals surface area contributed by atoms with Crippen LogP contribution < -0.4 is 5.32 Å². The number of hydrogen-bond donors (Lipinski definition) is 1. The van der Waals surface area contributed by atoms with Crippen molar-refractivity contribution >= 4 is 0 Å². The second-order valence-corrected chi connectivity index (χ2v) is 3.99. The quantitative estimate of drug-likeness (QED) is 0.794. The summed E-state index contributed by atoms with van der Waals surface area (Å²) in [4.78, 5) is 0. The van der Waals surface area contributed by atoms with Crippen LogP contribution in [0.3, 0.4) is 0 Å². The predicted molar refractivity (Wildman–Crippen MR) is 51.8 cm³/mol. The Kier molecular flexibility index (Phi) is 2.85. The van der Waals surface area contributed by atoms with Gasteiger partial charge in [-0.2, -0.15) is 22.0 Å². The van der Waals surface area contributed by atoms with Gasteiger partial charge in [0.15, 0.2) is 0 Å². The van der Waals surface area contributed by atoms with Gasteiger partial charge >= 0.3 is 12.1 Å². The van der Waals surface area contributed by atoms with E-state index >= 15 is 0 Å². The van der Waals surface area contributed by atoms with Gasteiger partial charge in [0, 0.05) is 11.6 Å². The molecule has 0 aliphatic carbocycles. The molecule has 1 heterocycles. The molecule has 1 unspecified atom stereocenters. The molecule has 1 fully saturated rings. The maximum absolute atomic E-state index is 13.0. The SMILES string of the molecule is FC(F)(F)C(F)(F)c1ccc(C2CCN2)cc1. The van der Waals surface area contributed by atoms with E-state index in [1.165, 1.54) is 12.1 Å². The molecule has 1 atom stereocenters. The molecule has 0 amide bonds.